The Balaban J connectivity index is 3.06. The van der Waals surface area contributed by atoms with Gasteiger partial charge in [0.05, 0.1) is 0 Å². The van der Waals surface area contributed by atoms with Crippen LogP contribution in [0.5, 0.6) is 5.75 Å². The van der Waals surface area contributed by atoms with Gasteiger partial charge >= 0.3 is 0 Å². The maximum Gasteiger partial charge on any atom is 0.150 e. The molecule has 13 heavy (non-hydrogen) atoms. The van der Waals surface area contributed by atoms with Crippen LogP contribution in [0.25, 0.3) is 6.08 Å². The molecule has 0 radical (unpaired) electrons. The van der Waals surface area contributed by atoms with Gasteiger partial charge in [-0.15, -0.1) is 0 Å². The molecule has 0 aliphatic carbocycles. The summed E-state index contributed by atoms with van der Waals surface area (Å²) in [4.78, 5) is 10.6. The largest absolute Gasteiger partial charge is 0.508 e. The molecule has 0 unspecified atom stereocenters. The smallest absolute Gasteiger partial charge is 0.150 e. The summed E-state index contributed by atoms with van der Waals surface area (Å²) in [5.74, 6) is 0.0898. The minimum atomic E-state index is 0.0898. The predicted molar refractivity (Wildman–Crippen MR) is 51.6 cm³/mol. The minimum Gasteiger partial charge on any atom is -0.508 e. The van der Waals surface area contributed by atoms with Crippen molar-refractivity contribution >= 4 is 12.4 Å². The van der Waals surface area contributed by atoms with E-state index in [1.807, 2.05) is 0 Å². The maximum absolute atomic E-state index is 10.6. The highest BCUT2D eigenvalue weighted by molar-refractivity contribution is 5.82. The van der Waals surface area contributed by atoms with Gasteiger partial charge in [-0.3, -0.25) is 4.79 Å². The van der Waals surface area contributed by atoms with Crippen molar-refractivity contribution in [2.24, 2.45) is 5.73 Å². The lowest BCUT2D eigenvalue weighted by Gasteiger charge is -1.98. The number of hydrogen-bond acceptors (Lipinski definition) is 3. The second-order valence-electron chi connectivity index (χ2n) is 2.57. The first-order valence-electron chi connectivity index (χ1n) is 3.92. The fourth-order valence-electron chi connectivity index (χ4n) is 1.01. The highest BCUT2D eigenvalue weighted by Gasteiger charge is 1.98. The van der Waals surface area contributed by atoms with Crippen LogP contribution in [-0.2, 0) is 0 Å². The van der Waals surface area contributed by atoms with E-state index in [1.165, 1.54) is 12.1 Å². The molecule has 0 saturated carbocycles. The number of rotatable bonds is 3. The molecule has 0 aromatic heterocycles. The number of carbonyl (C=O) groups is 1. The minimum absolute atomic E-state index is 0.0898. The number of nitrogens with two attached hydrogens (primary N) is 1. The zero-order valence-corrected chi connectivity index (χ0v) is 7.10. The Morgan fingerprint density at radius 3 is 2.77 bits per heavy atom. The fourth-order valence-corrected chi connectivity index (χ4v) is 1.01. The monoisotopic (exact) mass is 177 g/mol. The van der Waals surface area contributed by atoms with Crippen molar-refractivity contribution in [1.29, 1.82) is 0 Å². The van der Waals surface area contributed by atoms with E-state index in [0.717, 1.165) is 5.56 Å². The van der Waals surface area contributed by atoms with Crippen LogP contribution in [0.3, 0.4) is 0 Å². The van der Waals surface area contributed by atoms with Crippen LogP contribution in [0, 0.1) is 0 Å². The summed E-state index contributed by atoms with van der Waals surface area (Å²) in [7, 11) is 0. The van der Waals surface area contributed by atoms with E-state index in [0.29, 0.717) is 18.4 Å². The molecule has 0 saturated heterocycles. The van der Waals surface area contributed by atoms with E-state index in [2.05, 4.69) is 0 Å². The second-order valence-corrected chi connectivity index (χ2v) is 2.57. The van der Waals surface area contributed by atoms with Crippen molar-refractivity contribution in [2.75, 3.05) is 6.54 Å². The van der Waals surface area contributed by atoms with Gasteiger partial charge < -0.3 is 10.8 Å². The van der Waals surface area contributed by atoms with Gasteiger partial charge in [-0.1, -0.05) is 18.2 Å². The fraction of sp³-hybridized carbons (Fsp3) is 0.100. The highest BCUT2D eigenvalue weighted by atomic mass is 16.3. The molecule has 0 atom stereocenters. The Hall–Kier alpha value is -1.61. The number of phenols is 1. The standard InChI is InChI=1S/C10H11NO2/c11-5-1-2-8-3-4-10(13)6-9(8)7-12/h1-4,6-7,13H,5,11H2/b2-1+. The molecule has 0 bridgehead atoms. The highest BCUT2D eigenvalue weighted by Crippen LogP contribution is 2.15. The summed E-state index contributed by atoms with van der Waals surface area (Å²) in [5.41, 5.74) is 6.50. The van der Waals surface area contributed by atoms with Crippen molar-refractivity contribution < 1.29 is 9.90 Å². The summed E-state index contributed by atoms with van der Waals surface area (Å²) in [6.45, 7) is 0.430. The van der Waals surface area contributed by atoms with Gasteiger partial charge in [-0.2, -0.15) is 0 Å². The zero-order valence-electron chi connectivity index (χ0n) is 7.10. The van der Waals surface area contributed by atoms with E-state index in [-0.39, 0.29) is 5.75 Å². The van der Waals surface area contributed by atoms with E-state index < -0.39 is 0 Å². The molecule has 1 aromatic rings. The summed E-state index contributed by atoms with van der Waals surface area (Å²) in [6, 6.07) is 4.62. The lowest BCUT2D eigenvalue weighted by Crippen LogP contribution is -1.93. The van der Waals surface area contributed by atoms with Gasteiger partial charge in [0.1, 0.15) is 5.75 Å². The van der Waals surface area contributed by atoms with Gasteiger partial charge in [-0.25, -0.2) is 0 Å². The van der Waals surface area contributed by atoms with Gasteiger partial charge in [0, 0.05) is 12.1 Å². The summed E-state index contributed by atoms with van der Waals surface area (Å²) in [6.07, 6.45) is 4.21. The van der Waals surface area contributed by atoms with Crippen molar-refractivity contribution in [3.8, 4) is 5.75 Å². The van der Waals surface area contributed by atoms with Crippen LogP contribution >= 0.6 is 0 Å². The maximum atomic E-state index is 10.6. The molecule has 1 aromatic carbocycles. The Kier molecular flexibility index (Phi) is 3.23. The lowest BCUT2D eigenvalue weighted by atomic mass is 10.1. The van der Waals surface area contributed by atoms with E-state index in [4.69, 9.17) is 10.8 Å². The second kappa shape index (κ2) is 4.42. The third kappa shape index (κ3) is 2.42. The summed E-state index contributed by atoms with van der Waals surface area (Å²) >= 11 is 0. The van der Waals surface area contributed by atoms with Crippen molar-refractivity contribution in [3.63, 3.8) is 0 Å². The zero-order chi connectivity index (χ0) is 9.68. The molecular formula is C10H11NO2. The Morgan fingerprint density at radius 2 is 2.15 bits per heavy atom. The number of hydrogen-bond donors (Lipinski definition) is 2. The van der Waals surface area contributed by atoms with Crippen molar-refractivity contribution in [1.82, 2.24) is 0 Å². The van der Waals surface area contributed by atoms with Crippen LogP contribution in [0.1, 0.15) is 15.9 Å². The Morgan fingerprint density at radius 1 is 1.38 bits per heavy atom. The third-order valence-electron chi connectivity index (χ3n) is 1.63. The van der Waals surface area contributed by atoms with Crippen LogP contribution in [-0.4, -0.2) is 17.9 Å². The van der Waals surface area contributed by atoms with E-state index >= 15 is 0 Å². The summed E-state index contributed by atoms with van der Waals surface area (Å²) in [5, 5.41) is 9.09. The normalized spacial score (nSPS) is 10.5. The first-order valence-corrected chi connectivity index (χ1v) is 3.92. The topological polar surface area (TPSA) is 63.3 Å². The molecular weight excluding hydrogens is 166 g/mol. The molecule has 1 rings (SSSR count). The number of carbonyl (C=O) groups excluding carboxylic acids is 1. The molecule has 0 amide bonds. The first kappa shape index (κ1) is 9.48. The van der Waals surface area contributed by atoms with Crippen LogP contribution in [0.15, 0.2) is 24.3 Å². The SMILES string of the molecule is NC/C=C/c1ccc(O)cc1C=O. The third-order valence-corrected chi connectivity index (χ3v) is 1.63. The predicted octanol–water partition coefficient (Wildman–Crippen LogP) is 1.18. The molecule has 0 aliphatic heterocycles. The van der Waals surface area contributed by atoms with Crippen LogP contribution in [0.4, 0.5) is 0 Å². The molecule has 0 fully saturated rings. The number of phenolic OH excluding ortho intramolecular Hbond substituents is 1. The van der Waals surface area contributed by atoms with Gasteiger partial charge in [0.15, 0.2) is 6.29 Å². The Labute approximate surface area is 76.5 Å². The van der Waals surface area contributed by atoms with E-state index in [9.17, 15) is 4.79 Å². The quantitative estimate of drug-likeness (QED) is 0.681. The molecule has 3 heteroatoms. The van der Waals surface area contributed by atoms with Crippen LogP contribution in [0.2, 0.25) is 0 Å². The lowest BCUT2D eigenvalue weighted by molar-refractivity contribution is 0.112. The molecule has 3 N–H and O–H groups in total. The van der Waals surface area contributed by atoms with E-state index in [1.54, 1.807) is 18.2 Å². The number of benzene rings is 1. The average molecular weight is 177 g/mol. The van der Waals surface area contributed by atoms with Crippen LogP contribution < -0.4 is 5.73 Å². The number of aldehydes is 1. The molecule has 0 heterocycles. The average Bonchev–Trinajstić information content (AvgIpc) is 2.16. The molecule has 3 nitrogen and oxygen atoms in total. The summed E-state index contributed by atoms with van der Waals surface area (Å²) < 4.78 is 0. The van der Waals surface area contributed by atoms with Gasteiger partial charge in [0.2, 0.25) is 0 Å². The van der Waals surface area contributed by atoms with Gasteiger partial charge in [-0.05, 0) is 17.7 Å². The molecule has 0 spiro atoms. The van der Waals surface area contributed by atoms with Gasteiger partial charge in [0.25, 0.3) is 0 Å². The number of aromatic hydroxyl groups is 1. The first-order chi connectivity index (χ1) is 6.27. The molecule has 68 valence electrons. The van der Waals surface area contributed by atoms with Crippen molar-refractivity contribution in [3.05, 3.63) is 35.4 Å². The molecule has 0 aliphatic rings. The Bertz CT molecular complexity index is 332. The van der Waals surface area contributed by atoms with Crippen molar-refractivity contribution in [2.45, 2.75) is 0 Å².